The third kappa shape index (κ3) is 5.12. The average Bonchev–Trinajstić information content (AvgIpc) is 2.72. The molecule has 0 fully saturated rings. The van der Waals surface area contributed by atoms with Gasteiger partial charge in [-0.3, -0.25) is 0 Å². The van der Waals surface area contributed by atoms with Crippen molar-refractivity contribution < 1.29 is 14.2 Å². The van der Waals surface area contributed by atoms with E-state index in [4.69, 9.17) is 25.8 Å². The molecule has 28 heavy (non-hydrogen) atoms. The van der Waals surface area contributed by atoms with Crippen LogP contribution in [0, 0.1) is 0 Å². The van der Waals surface area contributed by atoms with Gasteiger partial charge in [-0.05, 0) is 57.4 Å². The Morgan fingerprint density at radius 3 is 2.32 bits per heavy atom. The lowest BCUT2D eigenvalue weighted by Gasteiger charge is -2.15. The molecule has 6 heteroatoms. The molecular formula is C22H21BrClNO3. The SMILES string of the molecule is COc1ccc(NCc2cc(Br)c(OCc3ccccc3)c(OC)c2)cc1Cl. The smallest absolute Gasteiger partial charge is 0.175 e. The second kappa shape index (κ2) is 9.71. The van der Waals surface area contributed by atoms with Crippen LogP contribution in [0.2, 0.25) is 5.02 Å². The highest BCUT2D eigenvalue weighted by atomic mass is 79.9. The Balaban J connectivity index is 1.71. The van der Waals surface area contributed by atoms with Crippen LogP contribution in [-0.2, 0) is 13.2 Å². The number of halogens is 2. The average molecular weight is 463 g/mol. The first-order valence-electron chi connectivity index (χ1n) is 8.71. The van der Waals surface area contributed by atoms with Crippen molar-refractivity contribution in [2.24, 2.45) is 0 Å². The molecule has 0 unspecified atom stereocenters. The van der Waals surface area contributed by atoms with Gasteiger partial charge >= 0.3 is 0 Å². The van der Waals surface area contributed by atoms with E-state index in [1.54, 1.807) is 14.2 Å². The molecule has 3 aromatic carbocycles. The van der Waals surface area contributed by atoms with Crippen molar-refractivity contribution in [1.82, 2.24) is 0 Å². The van der Waals surface area contributed by atoms with Gasteiger partial charge in [0.15, 0.2) is 11.5 Å². The molecule has 0 saturated heterocycles. The van der Waals surface area contributed by atoms with Gasteiger partial charge in [0.25, 0.3) is 0 Å². The Labute approximate surface area is 178 Å². The summed E-state index contributed by atoms with van der Waals surface area (Å²) >= 11 is 9.78. The second-order valence-electron chi connectivity index (χ2n) is 6.09. The number of nitrogens with one attached hydrogen (secondary N) is 1. The van der Waals surface area contributed by atoms with E-state index in [0.717, 1.165) is 21.3 Å². The van der Waals surface area contributed by atoms with E-state index in [1.165, 1.54) is 0 Å². The highest BCUT2D eigenvalue weighted by Gasteiger charge is 2.12. The van der Waals surface area contributed by atoms with Gasteiger partial charge in [0.05, 0.1) is 23.7 Å². The fraction of sp³-hybridized carbons (Fsp3) is 0.182. The zero-order valence-corrected chi connectivity index (χ0v) is 18.0. The summed E-state index contributed by atoms with van der Waals surface area (Å²) in [5.74, 6) is 2.01. The first-order chi connectivity index (χ1) is 13.6. The molecule has 0 saturated carbocycles. The zero-order chi connectivity index (χ0) is 19.9. The number of ether oxygens (including phenoxy) is 3. The van der Waals surface area contributed by atoms with Crippen molar-refractivity contribution in [3.63, 3.8) is 0 Å². The number of rotatable bonds is 8. The lowest BCUT2D eigenvalue weighted by Crippen LogP contribution is -2.03. The molecule has 0 atom stereocenters. The van der Waals surface area contributed by atoms with Crippen LogP contribution >= 0.6 is 27.5 Å². The maximum Gasteiger partial charge on any atom is 0.175 e. The summed E-state index contributed by atoms with van der Waals surface area (Å²) in [6.45, 7) is 1.08. The third-order valence-corrected chi connectivity index (χ3v) is 5.05. The Hall–Kier alpha value is -2.37. The highest BCUT2D eigenvalue weighted by molar-refractivity contribution is 9.10. The van der Waals surface area contributed by atoms with Crippen LogP contribution in [0.15, 0.2) is 65.1 Å². The number of hydrogen-bond donors (Lipinski definition) is 1. The minimum Gasteiger partial charge on any atom is -0.495 e. The quantitative estimate of drug-likeness (QED) is 0.426. The van der Waals surface area contributed by atoms with E-state index in [9.17, 15) is 0 Å². The highest BCUT2D eigenvalue weighted by Crippen LogP contribution is 2.37. The summed E-state index contributed by atoms with van der Waals surface area (Å²) in [5.41, 5.74) is 3.05. The molecule has 3 aromatic rings. The summed E-state index contributed by atoms with van der Waals surface area (Å²) < 4.78 is 17.5. The lowest BCUT2D eigenvalue weighted by molar-refractivity contribution is 0.282. The molecule has 0 spiro atoms. The molecule has 4 nitrogen and oxygen atoms in total. The molecule has 3 rings (SSSR count). The van der Waals surface area contributed by atoms with Gasteiger partial charge in [-0.25, -0.2) is 0 Å². The lowest BCUT2D eigenvalue weighted by atomic mass is 10.2. The summed E-state index contributed by atoms with van der Waals surface area (Å²) in [6, 6.07) is 19.6. The van der Waals surface area contributed by atoms with Crippen molar-refractivity contribution >= 4 is 33.2 Å². The fourth-order valence-electron chi connectivity index (χ4n) is 2.73. The van der Waals surface area contributed by atoms with Gasteiger partial charge in [-0.2, -0.15) is 0 Å². The largest absolute Gasteiger partial charge is 0.495 e. The van der Waals surface area contributed by atoms with Gasteiger partial charge in [0.1, 0.15) is 12.4 Å². The van der Waals surface area contributed by atoms with Gasteiger partial charge in [-0.1, -0.05) is 41.9 Å². The number of hydrogen-bond acceptors (Lipinski definition) is 4. The predicted molar refractivity (Wildman–Crippen MR) is 117 cm³/mol. The van der Waals surface area contributed by atoms with Crippen molar-refractivity contribution in [1.29, 1.82) is 0 Å². The molecule has 1 N–H and O–H groups in total. The van der Waals surface area contributed by atoms with E-state index < -0.39 is 0 Å². The van der Waals surface area contributed by atoms with E-state index >= 15 is 0 Å². The van der Waals surface area contributed by atoms with E-state index in [2.05, 4.69) is 21.2 Å². The standard InChI is InChI=1S/C22H21BrClNO3/c1-26-20-9-8-17(12-19(20)24)25-13-16-10-18(23)22(21(11-16)27-2)28-14-15-6-4-3-5-7-15/h3-12,25H,13-14H2,1-2H3. The fourth-order valence-corrected chi connectivity index (χ4v) is 3.59. The molecular weight excluding hydrogens is 442 g/mol. The van der Waals surface area contributed by atoms with Crippen molar-refractivity contribution in [3.8, 4) is 17.2 Å². The van der Waals surface area contributed by atoms with Crippen molar-refractivity contribution in [3.05, 3.63) is 81.3 Å². The Bertz CT molecular complexity index is 935. The third-order valence-electron chi connectivity index (χ3n) is 4.16. The van der Waals surface area contributed by atoms with E-state index in [-0.39, 0.29) is 0 Å². The van der Waals surface area contributed by atoms with Crippen LogP contribution < -0.4 is 19.5 Å². The Kier molecular flexibility index (Phi) is 7.06. The van der Waals surface area contributed by atoms with Gasteiger partial charge < -0.3 is 19.5 Å². The normalized spacial score (nSPS) is 10.4. The van der Waals surface area contributed by atoms with Crippen LogP contribution in [0.1, 0.15) is 11.1 Å². The Morgan fingerprint density at radius 1 is 0.893 bits per heavy atom. The predicted octanol–water partition coefficient (Wildman–Crippen LogP) is 6.31. The first kappa shape index (κ1) is 20.4. The van der Waals surface area contributed by atoms with Crippen LogP contribution in [0.4, 0.5) is 5.69 Å². The zero-order valence-electron chi connectivity index (χ0n) is 15.7. The van der Waals surface area contributed by atoms with Gasteiger partial charge in [0.2, 0.25) is 0 Å². The summed E-state index contributed by atoms with van der Waals surface area (Å²) in [5, 5.41) is 3.92. The topological polar surface area (TPSA) is 39.7 Å². The van der Waals surface area contributed by atoms with Crippen molar-refractivity contribution in [2.75, 3.05) is 19.5 Å². The van der Waals surface area contributed by atoms with Crippen LogP contribution in [0.25, 0.3) is 0 Å². The minimum atomic E-state index is 0.470. The summed E-state index contributed by atoms with van der Waals surface area (Å²) in [6.07, 6.45) is 0. The summed E-state index contributed by atoms with van der Waals surface area (Å²) in [7, 11) is 3.23. The molecule has 0 heterocycles. The minimum absolute atomic E-state index is 0.470. The molecule has 0 amide bonds. The number of benzene rings is 3. The second-order valence-corrected chi connectivity index (χ2v) is 7.35. The first-order valence-corrected chi connectivity index (χ1v) is 9.88. The maximum atomic E-state index is 6.18. The van der Waals surface area contributed by atoms with Crippen molar-refractivity contribution in [2.45, 2.75) is 13.2 Å². The molecule has 0 aliphatic heterocycles. The van der Waals surface area contributed by atoms with Crippen LogP contribution in [0.5, 0.6) is 17.2 Å². The monoisotopic (exact) mass is 461 g/mol. The van der Waals surface area contributed by atoms with Crippen LogP contribution in [-0.4, -0.2) is 14.2 Å². The molecule has 0 radical (unpaired) electrons. The molecule has 146 valence electrons. The summed E-state index contributed by atoms with van der Waals surface area (Å²) in [4.78, 5) is 0. The van der Waals surface area contributed by atoms with Gasteiger partial charge in [0, 0.05) is 12.2 Å². The molecule has 0 bridgehead atoms. The number of methoxy groups -OCH3 is 2. The molecule has 0 aliphatic rings. The number of anilines is 1. The molecule has 0 aromatic heterocycles. The van der Waals surface area contributed by atoms with E-state index in [1.807, 2.05) is 60.7 Å². The van der Waals surface area contributed by atoms with Crippen LogP contribution in [0.3, 0.4) is 0 Å². The van der Waals surface area contributed by atoms with E-state index in [0.29, 0.717) is 35.4 Å². The molecule has 0 aliphatic carbocycles. The Morgan fingerprint density at radius 2 is 1.64 bits per heavy atom. The van der Waals surface area contributed by atoms with Gasteiger partial charge in [-0.15, -0.1) is 0 Å². The maximum absolute atomic E-state index is 6.18.